The average Bonchev–Trinajstić information content (AvgIpc) is 2.79. The van der Waals surface area contributed by atoms with Gasteiger partial charge in [-0.2, -0.15) is 0 Å². The maximum absolute atomic E-state index is 12.3. The van der Waals surface area contributed by atoms with Gasteiger partial charge in [0.1, 0.15) is 0 Å². The third-order valence-electron chi connectivity index (χ3n) is 4.99. The number of carboxylic acids is 1. The summed E-state index contributed by atoms with van der Waals surface area (Å²) in [7, 11) is 1.56. The van der Waals surface area contributed by atoms with Crippen molar-refractivity contribution in [3.8, 4) is 0 Å². The fourth-order valence-corrected chi connectivity index (χ4v) is 3.26. The largest absolute Gasteiger partial charge is 0.481 e. The molecule has 140 valence electrons. The Morgan fingerprint density at radius 2 is 1.80 bits per heavy atom. The lowest BCUT2D eigenvalue weighted by Gasteiger charge is -2.31. The number of hydrogen-bond acceptors (Lipinski definition) is 4. The Morgan fingerprint density at radius 1 is 1.12 bits per heavy atom. The number of aliphatic carboxylic acids is 1. The van der Waals surface area contributed by atoms with Gasteiger partial charge in [-0.15, -0.1) is 0 Å². The molecule has 0 atom stereocenters. The number of likely N-dealkylation sites (N-methyl/N-ethyl adjacent to an activating group) is 1. The number of rotatable bonds is 5. The average molecular weight is 353 g/mol. The summed E-state index contributed by atoms with van der Waals surface area (Å²) in [5.41, 5.74) is 0. The van der Waals surface area contributed by atoms with Gasteiger partial charge in [0.15, 0.2) is 0 Å². The Labute approximate surface area is 147 Å². The van der Waals surface area contributed by atoms with Crippen LogP contribution in [-0.4, -0.2) is 83.3 Å². The van der Waals surface area contributed by atoms with Gasteiger partial charge in [0.25, 0.3) is 0 Å². The number of likely N-dealkylation sites (tertiary alicyclic amines) is 2. The second-order valence-electron chi connectivity index (χ2n) is 6.87. The van der Waals surface area contributed by atoms with Crippen LogP contribution >= 0.6 is 0 Å². The van der Waals surface area contributed by atoms with Gasteiger partial charge in [0.05, 0.1) is 19.0 Å². The highest BCUT2D eigenvalue weighted by Crippen LogP contribution is 2.17. The van der Waals surface area contributed by atoms with Crippen molar-refractivity contribution < 1.29 is 24.3 Å². The first-order valence-corrected chi connectivity index (χ1v) is 8.91. The zero-order valence-corrected chi connectivity index (χ0v) is 14.8. The summed E-state index contributed by atoms with van der Waals surface area (Å²) in [5.74, 6) is -1.63. The molecule has 3 amide bonds. The van der Waals surface area contributed by atoms with E-state index >= 15 is 0 Å². The monoisotopic (exact) mass is 353 g/mol. The van der Waals surface area contributed by atoms with E-state index in [1.54, 1.807) is 16.8 Å². The quantitative estimate of drug-likeness (QED) is 0.760. The zero-order chi connectivity index (χ0) is 18.4. The van der Waals surface area contributed by atoms with Crippen LogP contribution in [0.3, 0.4) is 0 Å². The molecule has 0 aliphatic carbocycles. The van der Waals surface area contributed by atoms with E-state index in [0.717, 1.165) is 19.3 Å². The van der Waals surface area contributed by atoms with Crippen molar-refractivity contribution in [2.45, 2.75) is 38.5 Å². The summed E-state index contributed by atoms with van der Waals surface area (Å²) in [4.78, 5) is 52.1. The third kappa shape index (κ3) is 5.44. The van der Waals surface area contributed by atoms with Crippen LogP contribution in [0.5, 0.6) is 0 Å². The minimum absolute atomic E-state index is 0.00122. The second kappa shape index (κ2) is 8.82. The maximum Gasteiger partial charge on any atom is 0.306 e. The Hall–Kier alpha value is -2.12. The van der Waals surface area contributed by atoms with E-state index in [2.05, 4.69) is 0 Å². The van der Waals surface area contributed by atoms with Crippen molar-refractivity contribution in [1.82, 2.24) is 14.7 Å². The molecule has 2 saturated heterocycles. The molecular weight excluding hydrogens is 326 g/mol. The second-order valence-corrected chi connectivity index (χ2v) is 6.87. The number of piperidine rings is 1. The molecule has 0 unspecified atom stereocenters. The van der Waals surface area contributed by atoms with Gasteiger partial charge in [-0.25, -0.2) is 0 Å². The Bertz CT molecular complexity index is 528. The highest BCUT2D eigenvalue weighted by Gasteiger charge is 2.28. The first-order chi connectivity index (χ1) is 11.9. The van der Waals surface area contributed by atoms with Gasteiger partial charge < -0.3 is 19.8 Å². The van der Waals surface area contributed by atoms with E-state index < -0.39 is 11.9 Å². The molecule has 2 fully saturated rings. The van der Waals surface area contributed by atoms with E-state index in [1.165, 1.54) is 4.90 Å². The number of nitrogens with zero attached hydrogens (tertiary/aromatic N) is 3. The molecule has 0 aromatic rings. The molecule has 1 N–H and O–H groups in total. The van der Waals surface area contributed by atoms with Crippen LogP contribution in [0, 0.1) is 5.92 Å². The van der Waals surface area contributed by atoms with E-state index in [-0.39, 0.29) is 30.8 Å². The highest BCUT2D eigenvalue weighted by atomic mass is 16.4. The molecule has 0 aromatic carbocycles. The Kier molecular flexibility index (Phi) is 6.78. The lowest BCUT2D eigenvalue weighted by atomic mass is 9.97. The number of carbonyl (C=O) groups is 4. The molecular formula is C17H27N3O5. The van der Waals surface area contributed by atoms with Gasteiger partial charge in [-0.1, -0.05) is 6.42 Å². The van der Waals surface area contributed by atoms with E-state index in [1.807, 2.05) is 0 Å². The topological polar surface area (TPSA) is 98.2 Å². The normalized spacial score (nSPS) is 19.5. The first-order valence-electron chi connectivity index (χ1n) is 8.91. The van der Waals surface area contributed by atoms with Gasteiger partial charge in [0.2, 0.25) is 17.7 Å². The number of hydrogen-bond donors (Lipinski definition) is 1. The highest BCUT2D eigenvalue weighted by molar-refractivity contribution is 5.88. The molecule has 0 radical (unpaired) electrons. The molecule has 8 nitrogen and oxygen atoms in total. The molecule has 0 spiro atoms. The summed E-state index contributed by atoms with van der Waals surface area (Å²) < 4.78 is 0. The number of amides is 3. The molecule has 2 aliphatic heterocycles. The van der Waals surface area contributed by atoms with Crippen LogP contribution in [0.25, 0.3) is 0 Å². The van der Waals surface area contributed by atoms with Crippen molar-refractivity contribution >= 4 is 23.7 Å². The summed E-state index contributed by atoms with van der Waals surface area (Å²) in [5, 5.41) is 8.99. The van der Waals surface area contributed by atoms with E-state index in [4.69, 9.17) is 5.11 Å². The van der Waals surface area contributed by atoms with Crippen LogP contribution in [0.15, 0.2) is 0 Å². The van der Waals surface area contributed by atoms with Crippen molar-refractivity contribution in [3.05, 3.63) is 0 Å². The maximum atomic E-state index is 12.3. The van der Waals surface area contributed by atoms with E-state index in [0.29, 0.717) is 38.9 Å². The number of carboxylic acid groups (broad SMARTS) is 1. The molecule has 0 aromatic heterocycles. The lowest BCUT2D eigenvalue weighted by Crippen LogP contribution is -2.47. The van der Waals surface area contributed by atoms with Gasteiger partial charge in [-0.05, 0) is 25.7 Å². The zero-order valence-electron chi connectivity index (χ0n) is 14.8. The molecule has 2 heterocycles. The van der Waals surface area contributed by atoms with Crippen molar-refractivity contribution in [3.63, 3.8) is 0 Å². The van der Waals surface area contributed by atoms with Gasteiger partial charge in [-0.3, -0.25) is 19.2 Å². The lowest BCUT2D eigenvalue weighted by molar-refractivity contribution is -0.147. The molecule has 25 heavy (non-hydrogen) atoms. The molecule has 2 rings (SSSR count). The Morgan fingerprint density at radius 3 is 2.44 bits per heavy atom. The number of carbonyl (C=O) groups excluding carboxylic acids is 3. The van der Waals surface area contributed by atoms with Crippen LogP contribution in [0.4, 0.5) is 0 Å². The van der Waals surface area contributed by atoms with Crippen LogP contribution < -0.4 is 0 Å². The van der Waals surface area contributed by atoms with Crippen LogP contribution in [-0.2, 0) is 19.2 Å². The summed E-state index contributed by atoms with van der Waals surface area (Å²) in [6.45, 7) is 1.38. The molecule has 0 saturated carbocycles. The predicted octanol–water partition coefficient (Wildman–Crippen LogP) is 0.171. The minimum Gasteiger partial charge on any atom is -0.481 e. The van der Waals surface area contributed by atoms with Crippen molar-refractivity contribution in [2.75, 3.05) is 39.8 Å². The third-order valence-corrected chi connectivity index (χ3v) is 4.99. The van der Waals surface area contributed by atoms with E-state index in [9.17, 15) is 19.2 Å². The minimum atomic E-state index is -0.818. The SMILES string of the molecule is CN(CC(=O)N1CCC(C(=O)O)CC1)C(=O)CN1CCCCCC1=O. The molecule has 8 heteroatoms. The predicted molar refractivity (Wildman–Crippen MR) is 89.6 cm³/mol. The standard InChI is InChI=1S/C17H27N3O5/c1-18(15(22)12-20-8-4-2-3-5-14(20)21)11-16(23)19-9-6-13(7-10-19)17(24)25/h13H,2-12H2,1H3,(H,24,25). The molecule has 2 aliphatic rings. The Balaban J connectivity index is 1.79. The van der Waals surface area contributed by atoms with Crippen LogP contribution in [0.1, 0.15) is 38.5 Å². The summed E-state index contributed by atoms with van der Waals surface area (Å²) in [6.07, 6.45) is 4.14. The smallest absolute Gasteiger partial charge is 0.306 e. The van der Waals surface area contributed by atoms with Crippen molar-refractivity contribution in [1.29, 1.82) is 0 Å². The fourth-order valence-electron chi connectivity index (χ4n) is 3.26. The summed E-state index contributed by atoms with van der Waals surface area (Å²) >= 11 is 0. The van der Waals surface area contributed by atoms with Crippen molar-refractivity contribution in [2.24, 2.45) is 5.92 Å². The van der Waals surface area contributed by atoms with Gasteiger partial charge >= 0.3 is 5.97 Å². The first kappa shape index (κ1) is 19.2. The fraction of sp³-hybridized carbons (Fsp3) is 0.765. The molecule has 0 bridgehead atoms. The van der Waals surface area contributed by atoms with Gasteiger partial charge in [0, 0.05) is 33.1 Å². The van der Waals surface area contributed by atoms with Crippen LogP contribution in [0.2, 0.25) is 0 Å². The summed E-state index contributed by atoms with van der Waals surface area (Å²) in [6, 6.07) is 0.